The van der Waals surface area contributed by atoms with Crippen molar-refractivity contribution in [1.82, 2.24) is 0 Å². The van der Waals surface area contributed by atoms with Crippen LogP contribution in [0.4, 0.5) is 5.69 Å². The van der Waals surface area contributed by atoms with Crippen molar-refractivity contribution in [1.29, 1.82) is 0 Å². The number of rotatable bonds is 4. The number of hydrogen-bond acceptors (Lipinski definition) is 4. The summed E-state index contributed by atoms with van der Waals surface area (Å²) in [5.41, 5.74) is 6.51. The van der Waals surface area contributed by atoms with Crippen molar-refractivity contribution in [3.05, 3.63) is 29.8 Å². The lowest BCUT2D eigenvalue weighted by molar-refractivity contribution is -0.117. The first kappa shape index (κ1) is 13.6. The van der Waals surface area contributed by atoms with E-state index >= 15 is 0 Å². The van der Waals surface area contributed by atoms with Gasteiger partial charge < -0.3 is 11.1 Å². The highest BCUT2D eigenvalue weighted by atomic mass is 32.2. The molecule has 94 valence electrons. The summed E-state index contributed by atoms with van der Waals surface area (Å²) in [5, 5.41) is 7.50. The number of amides is 1. The van der Waals surface area contributed by atoms with Crippen LogP contribution < -0.4 is 16.2 Å². The molecule has 0 aliphatic carbocycles. The van der Waals surface area contributed by atoms with Gasteiger partial charge in [-0.05, 0) is 24.6 Å². The molecule has 1 aromatic rings. The summed E-state index contributed by atoms with van der Waals surface area (Å²) >= 11 is 0. The molecule has 0 radical (unpaired) electrons. The minimum atomic E-state index is -3.53. The van der Waals surface area contributed by atoms with E-state index < -0.39 is 16.1 Å². The number of carbonyl (C=O) groups excluding carboxylic acids is 1. The first-order valence-electron chi connectivity index (χ1n) is 4.94. The second-order valence-electron chi connectivity index (χ2n) is 3.78. The normalized spacial score (nSPS) is 13.1. The first-order chi connectivity index (χ1) is 7.78. The van der Waals surface area contributed by atoms with Crippen molar-refractivity contribution >= 4 is 21.6 Å². The molecule has 1 amide bonds. The second-order valence-corrected chi connectivity index (χ2v) is 5.40. The Kier molecular flexibility index (Phi) is 4.22. The number of nitrogens with two attached hydrogens (primary N) is 2. The number of hydrogen-bond donors (Lipinski definition) is 3. The second kappa shape index (κ2) is 5.26. The summed E-state index contributed by atoms with van der Waals surface area (Å²) in [4.78, 5) is 11.3. The van der Waals surface area contributed by atoms with Crippen LogP contribution in [0.3, 0.4) is 0 Å². The molecule has 0 unspecified atom stereocenters. The van der Waals surface area contributed by atoms with Crippen LogP contribution in [0.1, 0.15) is 12.5 Å². The Morgan fingerprint density at radius 3 is 2.29 bits per heavy atom. The van der Waals surface area contributed by atoms with Crippen molar-refractivity contribution in [2.45, 2.75) is 18.7 Å². The highest BCUT2D eigenvalue weighted by Crippen LogP contribution is 2.11. The molecule has 7 heteroatoms. The molecule has 0 aliphatic heterocycles. The zero-order valence-electron chi connectivity index (χ0n) is 9.38. The summed E-state index contributed by atoms with van der Waals surface area (Å²) in [6.45, 7) is 1.57. The zero-order valence-corrected chi connectivity index (χ0v) is 10.2. The smallest absolute Gasteiger partial charge is 0.240 e. The lowest BCUT2D eigenvalue weighted by Gasteiger charge is -2.08. The van der Waals surface area contributed by atoms with Crippen molar-refractivity contribution < 1.29 is 13.2 Å². The van der Waals surface area contributed by atoms with E-state index in [0.717, 1.165) is 0 Å². The molecular formula is C10H15N3O3S. The SMILES string of the molecule is C[C@@H](N)C(=O)Nc1ccc(CS(N)(=O)=O)cc1. The van der Waals surface area contributed by atoms with Crippen molar-refractivity contribution in [3.63, 3.8) is 0 Å². The van der Waals surface area contributed by atoms with Gasteiger partial charge in [-0.25, -0.2) is 13.6 Å². The van der Waals surface area contributed by atoms with Crippen LogP contribution in [0.25, 0.3) is 0 Å². The van der Waals surface area contributed by atoms with Gasteiger partial charge in [-0.1, -0.05) is 12.1 Å². The van der Waals surface area contributed by atoms with E-state index in [4.69, 9.17) is 10.9 Å². The highest BCUT2D eigenvalue weighted by Gasteiger charge is 2.08. The van der Waals surface area contributed by atoms with Crippen molar-refractivity contribution in [3.8, 4) is 0 Å². The first-order valence-corrected chi connectivity index (χ1v) is 6.65. The molecule has 0 heterocycles. The number of sulfonamides is 1. The average Bonchev–Trinajstić information content (AvgIpc) is 2.18. The molecule has 0 saturated carbocycles. The van der Waals surface area contributed by atoms with Gasteiger partial charge in [0.2, 0.25) is 15.9 Å². The van der Waals surface area contributed by atoms with E-state index in [9.17, 15) is 13.2 Å². The van der Waals surface area contributed by atoms with Gasteiger partial charge in [0.25, 0.3) is 0 Å². The molecule has 0 aromatic heterocycles. The van der Waals surface area contributed by atoms with Crippen LogP contribution in [0.15, 0.2) is 24.3 Å². The number of benzene rings is 1. The fraction of sp³-hybridized carbons (Fsp3) is 0.300. The van der Waals surface area contributed by atoms with Crippen LogP contribution in [0.2, 0.25) is 0 Å². The third kappa shape index (κ3) is 4.94. The maximum Gasteiger partial charge on any atom is 0.240 e. The van der Waals surface area contributed by atoms with Gasteiger partial charge in [0, 0.05) is 5.69 Å². The van der Waals surface area contributed by atoms with Gasteiger partial charge in [-0.2, -0.15) is 0 Å². The summed E-state index contributed by atoms with van der Waals surface area (Å²) in [6, 6.07) is 5.77. The Morgan fingerprint density at radius 1 is 1.35 bits per heavy atom. The topological polar surface area (TPSA) is 115 Å². The van der Waals surface area contributed by atoms with Crippen molar-refractivity contribution in [2.24, 2.45) is 10.9 Å². The standard InChI is InChI=1S/C10H15N3O3S/c1-7(11)10(14)13-9-4-2-8(3-5-9)6-17(12,15)16/h2-5,7H,6,11H2,1H3,(H,13,14)(H2,12,15,16)/t7-/m1/s1. The molecule has 17 heavy (non-hydrogen) atoms. The van der Waals surface area contributed by atoms with Gasteiger partial charge in [0.15, 0.2) is 0 Å². The van der Waals surface area contributed by atoms with E-state index in [-0.39, 0.29) is 11.7 Å². The number of anilines is 1. The Hall–Kier alpha value is -1.44. The average molecular weight is 257 g/mol. The minimum Gasteiger partial charge on any atom is -0.325 e. The number of carbonyl (C=O) groups is 1. The van der Waals surface area contributed by atoms with Gasteiger partial charge in [0.1, 0.15) is 0 Å². The molecule has 1 aromatic carbocycles. The van der Waals surface area contributed by atoms with E-state index in [2.05, 4.69) is 5.32 Å². The Morgan fingerprint density at radius 2 is 1.88 bits per heavy atom. The van der Waals surface area contributed by atoms with Crippen LogP contribution in [0, 0.1) is 0 Å². The molecule has 1 atom stereocenters. The largest absolute Gasteiger partial charge is 0.325 e. The highest BCUT2D eigenvalue weighted by molar-refractivity contribution is 7.88. The van der Waals surface area contributed by atoms with Crippen LogP contribution in [0.5, 0.6) is 0 Å². The number of primary sulfonamides is 1. The third-order valence-corrected chi connectivity index (χ3v) is 2.74. The van der Waals surface area contributed by atoms with Gasteiger partial charge in [-0.3, -0.25) is 4.79 Å². The van der Waals surface area contributed by atoms with Gasteiger partial charge in [-0.15, -0.1) is 0 Å². The Bertz CT molecular complexity index is 494. The third-order valence-electron chi connectivity index (χ3n) is 2.00. The molecule has 5 N–H and O–H groups in total. The number of nitrogens with one attached hydrogen (secondary N) is 1. The van der Waals surface area contributed by atoms with E-state index in [1.54, 1.807) is 31.2 Å². The zero-order chi connectivity index (χ0) is 13.1. The molecule has 0 saturated heterocycles. The van der Waals surface area contributed by atoms with Crippen LogP contribution in [-0.4, -0.2) is 20.4 Å². The summed E-state index contributed by atoms with van der Waals surface area (Å²) in [6.07, 6.45) is 0. The molecule has 6 nitrogen and oxygen atoms in total. The minimum absolute atomic E-state index is 0.228. The van der Waals surface area contributed by atoms with Crippen LogP contribution >= 0.6 is 0 Å². The Balaban J connectivity index is 2.72. The van der Waals surface area contributed by atoms with Crippen molar-refractivity contribution in [2.75, 3.05) is 5.32 Å². The maximum absolute atomic E-state index is 11.3. The van der Waals surface area contributed by atoms with E-state index in [1.165, 1.54) is 0 Å². The van der Waals surface area contributed by atoms with Gasteiger partial charge in [0.05, 0.1) is 11.8 Å². The fourth-order valence-corrected chi connectivity index (χ4v) is 1.83. The molecule has 0 bridgehead atoms. The quantitative estimate of drug-likeness (QED) is 0.690. The van der Waals surface area contributed by atoms with E-state index in [1.807, 2.05) is 0 Å². The maximum atomic E-state index is 11.3. The lowest BCUT2D eigenvalue weighted by Crippen LogP contribution is -2.32. The summed E-state index contributed by atoms with van der Waals surface area (Å²) in [7, 11) is -3.53. The Labute approximate surface area is 100 Å². The molecule has 1 rings (SSSR count). The fourth-order valence-electron chi connectivity index (χ4n) is 1.17. The molecule has 0 fully saturated rings. The lowest BCUT2D eigenvalue weighted by atomic mass is 10.2. The summed E-state index contributed by atoms with van der Waals surface area (Å²) < 4.78 is 21.7. The molecular weight excluding hydrogens is 242 g/mol. The van der Waals surface area contributed by atoms with Gasteiger partial charge >= 0.3 is 0 Å². The molecule has 0 spiro atoms. The predicted molar refractivity (Wildman–Crippen MR) is 65.5 cm³/mol. The summed E-state index contributed by atoms with van der Waals surface area (Å²) in [5.74, 6) is -0.529. The monoisotopic (exact) mass is 257 g/mol. The molecule has 0 aliphatic rings. The van der Waals surface area contributed by atoms with Crippen LogP contribution in [-0.2, 0) is 20.6 Å². The van der Waals surface area contributed by atoms with E-state index in [0.29, 0.717) is 11.3 Å². The predicted octanol–water partition coefficient (Wildman–Crippen LogP) is -0.239.